The molecular weight excluding hydrogens is 276 g/mol. The Balaban J connectivity index is 2.70. The van der Waals surface area contributed by atoms with E-state index < -0.39 is 28.8 Å². The van der Waals surface area contributed by atoms with E-state index in [4.69, 9.17) is 0 Å². The van der Waals surface area contributed by atoms with Crippen LogP contribution in [0.2, 0.25) is 0 Å². The van der Waals surface area contributed by atoms with Crippen molar-refractivity contribution >= 4 is 5.78 Å². The van der Waals surface area contributed by atoms with Gasteiger partial charge in [0.25, 0.3) is 0 Å². The maximum absolute atomic E-state index is 12.5. The van der Waals surface area contributed by atoms with Crippen molar-refractivity contribution < 1.29 is 30.3 Å². The van der Waals surface area contributed by atoms with Gasteiger partial charge in [-0.05, 0) is 25.5 Å². The maximum Gasteiger partial charge on any atom is 0.201 e. The summed E-state index contributed by atoms with van der Waals surface area (Å²) in [6.07, 6.45) is 0. The van der Waals surface area contributed by atoms with Gasteiger partial charge in [0.1, 0.15) is 17.2 Å². The molecule has 0 amide bonds. The fourth-order valence-corrected chi connectivity index (χ4v) is 2.23. The summed E-state index contributed by atoms with van der Waals surface area (Å²) >= 11 is 0. The number of benzene rings is 2. The average Bonchev–Trinajstić information content (AvgIpc) is 2.34. The van der Waals surface area contributed by atoms with Gasteiger partial charge in [-0.2, -0.15) is 0 Å². The molecule has 6 nitrogen and oxygen atoms in total. The van der Waals surface area contributed by atoms with Gasteiger partial charge in [-0.25, -0.2) is 0 Å². The van der Waals surface area contributed by atoms with Gasteiger partial charge in [0.15, 0.2) is 11.5 Å². The number of phenolic OH excluding ortho intramolecular Hbond substituents is 5. The SMILES string of the molecule is Cc1cc(O)cc(O)c1C(=O)c1c(O)cc(O)c(O)c1C. The minimum Gasteiger partial charge on any atom is -0.508 e. The Morgan fingerprint density at radius 2 is 1.38 bits per heavy atom. The van der Waals surface area contributed by atoms with E-state index in [2.05, 4.69) is 0 Å². The largest absolute Gasteiger partial charge is 0.508 e. The van der Waals surface area contributed by atoms with Crippen LogP contribution in [0.15, 0.2) is 18.2 Å². The van der Waals surface area contributed by atoms with Crippen LogP contribution in [-0.2, 0) is 0 Å². The molecule has 0 aliphatic heterocycles. The molecule has 21 heavy (non-hydrogen) atoms. The van der Waals surface area contributed by atoms with E-state index in [1.807, 2.05) is 0 Å². The van der Waals surface area contributed by atoms with Crippen LogP contribution in [0.25, 0.3) is 0 Å². The topological polar surface area (TPSA) is 118 Å². The lowest BCUT2D eigenvalue weighted by molar-refractivity contribution is 0.103. The maximum atomic E-state index is 12.5. The molecule has 0 spiro atoms. The minimum absolute atomic E-state index is 0.00984. The molecular formula is C15H14O6. The molecule has 2 aromatic carbocycles. The molecule has 0 bridgehead atoms. The average molecular weight is 290 g/mol. The van der Waals surface area contributed by atoms with Gasteiger partial charge >= 0.3 is 0 Å². The molecule has 2 aromatic rings. The molecule has 5 N–H and O–H groups in total. The Bertz CT molecular complexity index is 725. The molecule has 0 aromatic heterocycles. The van der Waals surface area contributed by atoms with Crippen molar-refractivity contribution in [2.45, 2.75) is 13.8 Å². The number of rotatable bonds is 2. The summed E-state index contributed by atoms with van der Waals surface area (Å²) in [6, 6.07) is 3.15. The summed E-state index contributed by atoms with van der Waals surface area (Å²) < 4.78 is 0. The van der Waals surface area contributed by atoms with E-state index in [1.165, 1.54) is 19.9 Å². The molecule has 0 radical (unpaired) electrons. The molecule has 0 atom stereocenters. The van der Waals surface area contributed by atoms with E-state index >= 15 is 0 Å². The first-order valence-electron chi connectivity index (χ1n) is 6.05. The highest BCUT2D eigenvalue weighted by Crippen LogP contribution is 2.39. The molecule has 0 heterocycles. The smallest absolute Gasteiger partial charge is 0.201 e. The minimum atomic E-state index is -0.727. The lowest BCUT2D eigenvalue weighted by atomic mass is 9.93. The van der Waals surface area contributed by atoms with Crippen LogP contribution in [0.4, 0.5) is 0 Å². The summed E-state index contributed by atoms with van der Waals surface area (Å²) in [5.74, 6) is -2.95. The fourth-order valence-electron chi connectivity index (χ4n) is 2.23. The van der Waals surface area contributed by atoms with Gasteiger partial charge in [-0.3, -0.25) is 4.79 Å². The molecule has 0 saturated carbocycles. The second-order valence-electron chi connectivity index (χ2n) is 4.75. The number of phenols is 5. The summed E-state index contributed by atoms with van der Waals surface area (Å²) in [7, 11) is 0. The summed E-state index contributed by atoms with van der Waals surface area (Å²) in [4.78, 5) is 12.5. The quantitative estimate of drug-likeness (QED) is 0.328. The van der Waals surface area contributed by atoms with Crippen LogP contribution in [0.3, 0.4) is 0 Å². The number of hydrogen-bond acceptors (Lipinski definition) is 6. The van der Waals surface area contributed by atoms with Crippen molar-refractivity contribution in [1.29, 1.82) is 0 Å². The first-order chi connectivity index (χ1) is 9.73. The van der Waals surface area contributed by atoms with Gasteiger partial charge in [-0.1, -0.05) is 0 Å². The Morgan fingerprint density at radius 1 is 0.810 bits per heavy atom. The third kappa shape index (κ3) is 2.31. The normalized spacial score (nSPS) is 10.6. The van der Waals surface area contributed by atoms with Crippen LogP contribution in [0.5, 0.6) is 28.7 Å². The molecule has 2 rings (SSSR count). The predicted molar refractivity (Wildman–Crippen MR) is 74.1 cm³/mol. The van der Waals surface area contributed by atoms with Crippen molar-refractivity contribution in [2.24, 2.45) is 0 Å². The predicted octanol–water partition coefficient (Wildman–Crippen LogP) is 2.06. The van der Waals surface area contributed by atoms with Crippen molar-refractivity contribution in [1.82, 2.24) is 0 Å². The number of aryl methyl sites for hydroxylation is 1. The van der Waals surface area contributed by atoms with Crippen LogP contribution in [0.1, 0.15) is 27.0 Å². The van der Waals surface area contributed by atoms with Gasteiger partial charge in [-0.15, -0.1) is 0 Å². The molecule has 0 unspecified atom stereocenters. The summed E-state index contributed by atoms with van der Waals surface area (Å²) in [5, 5.41) is 48.1. The number of hydrogen-bond donors (Lipinski definition) is 5. The van der Waals surface area contributed by atoms with Gasteiger partial charge < -0.3 is 25.5 Å². The van der Waals surface area contributed by atoms with Crippen LogP contribution < -0.4 is 0 Å². The Morgan fingerprint density at radius 3 is 1.95 bits per heavy atom. The zero-order valence-corrected chi connectivity index (χ0v) is 11.4. The fraction of sp³-hybridized carbons (Fsp3) is 0.133. The molecule has 6 heteroatoms. The van der Waals surface area contributed by atoms with Gasteiger partial charge in [0, 0.05) is 17.7 Å². The highest BCUT2D eigenvalue weighted by molar-refractivity contribution is 6.14. The van der Waals surface area contributed by atoms with Crippen molar-refractivity contribution in [2.75, 3.05) is 0 Å². The summed E-state index contributed by atoms with van der Waals surface area (Å²) in [5.41, 5.74) is -0.0288. The molecule has 0 aliphatic rings. The summed E-state index contributed by atoms with van der Waals surface area (Å²) in [6.45, 7) is 2.87. The van der Waals surface area contributed by atoms with Gasteiger partial charge in [0.2, 0.25) is 5.78 Å². The third-order valence-electron chi connectivity index (χ3n) is 3.26. The van der Waals surface area contributed by atoms with E-state index in [0.29, 0.717) is 5.56 Å². The zero-order chi connectivity index (χ0) is 15.9. The lowest BCUT2D eigenvalue weighted by Crippen LogP contribution is -2.07. The number of carbonyl (C=O) groups excluding carboxylic acids is 1. The van der Waals surface area contributed by atoms with Crippen molar-refractivity contribution in [3.8, 4) is 28.7 Å². The van der Waals surface area contributed by atoms with E-state index in [0.717, 1.165) is 12.1 Å². The Kier molecular flexibility index (Phi) is 3.39. The first-order valence-corrected chi connectivity index (χ1v) is 6.05. The van der Waals surface area contributed by atoms with Crippen molar-refractivity contribution in [3.05, 3.63) is 40.5 Å². The van der Waals surface area contributed by atoms with E-state index in [9.17, 15) is 30.3 Å². The Labute approximate surface area is 120 Å². The third-order valence-corrected chi connectivity index (χ3v) is 3.26. The number of aromatic hydroxyl groups is 5. The molecule has 0 fully saturated rings. The second-order valence-corrected chi connectivity index (χ2v) is 4.75. The monoisotopic (exact) mass is 290 g/mol. The molecule has 110 valence electrons. The standard InChI is InChI=1S/C15H14O6/c1-6-3-8(16)4-9(17)12(6)15(21)13-7(2)14(20)11(19)5-10(13)18/h3-5,16-20H,1-2H3. The number of carbonyl (C=O) groups is 1. The highest BCUT2D eigenvalue weighted by Gasteiger charge is 2.25. The van der Waals surface area contributed by atoms with E-state index in [1.54, 1.807) is 0 Å². The second kappa shape index (κ2) is 4.90. The van der Waals surface area contributed by atoms with Gasteiger partial charge in [0.05, 0.1) is 11.1 Å². The van der Waals surface area contributed by atoms with Crippen LogP contribution in [0, 0.1) is 13.8 Å². The highest BCUT2D eigenvalue weighted by atomic mass is 16.3. The lowest BCUT2D eigenvalue weighted by Gasteiger charge is -2.13. The van der Waals surface area contributed by atoms with E-state index in [-0.39, 0.29) is 22.4 Å². The first kappa shape index (κ1) is 14.5. The Hall–Kier alpha value is -2.89. The molecule has 0 saturated heterocycles. The van der Waals surface area contributed by atoms with Crippen LogP contribution >= 0.6 is 0 Å². The number of ketones is 1. The van der Waals surface area contributed by atoms with Crippen molar-refractivity contribution in [3.63, 3.8) is 0 Å². The zero-order valence-electron chi connectivity index (χ0n) is 11.4. The molecule has 0 aliphatic carbocycles. The van der Waals surface area contributed by atoms with Crippen LogP contribution in [-0.4, -0.2) is 31.3 Å².